The van der Waals surface area contributed by atoms with E-state index in [4.69, 9.17) is 0 Å². The number of benzene rings is 1. The van der Waals surface area contributed by atoms with Crippen molar-refractivity contribution >= 4 is 5.69 Å². The van der Waals surface area contributed by atoms with Gasteiger partial charge in [0.05, 0.1) is 17.1 Å². The normalized spacial score (nSPS) is 11.5. The molecular weight excluding hydrogens is 239 g/mol. The van der Waals surface area contributed by atoms with Crippen LogP contribution in [0.3, 0.4) is 0 Å². The first-order valence-corrected chi connectivity index (χ1v) is 4.68. The molecule has 0 radical (unpaired) electrons. The van der Waals surface area contributed by atoms with Crippen LogP contribution in [0.25, 0.3) is 0 Å². The summed E-state index contributed by atoms with van der Waals surface area (Å²) in [5, 5.41) is 10.7. The standard InChI is InChI=1S/C10H10F3NO3/c1-7-3-2-4-9(14(15)16)8(7)5-17-6-10(11,12)13/h2-4H,5-6H2,1H3. The first-order valence-electron chi connectivity index (χ1n) is 4.68. The maximum atomic E-state index is 11.9. The zero-order valence-corrected chi connectivity index (χ0v) is 8.95. The minimum Gasteiger partial charge on any atom is -0.367 e. The van der Waals surface area contributed by atoms with Crippen molar-refractivity contribution < 1.29 is 22.8 Å². The summed E-state index contributed by atoms with van der Waals surface area (Å²) in [6.45, 7) is -0.264. The van der Waals surface area contributed by atoms with Crippen LogP contribution in [0.1, 0.15) is 11.1 Å². The van der Waals surface area contributed by atoms with Gasteiger partial charge < -0.3 is 4.74 Å². The first-order chi connectivity index (χ1) is 7.81. The van der Waals surface area contributed by atoms with Crippen LogP contribution in [0.2, 0.25) is 0 Å². The molecular formula is C10H10F3NO3. The lowest BCUT2D eigenvalue weighted by molar-refractivity contribution is -0.386. The maximum Gasteiger partial charge on any atom is 0.411 e. The number of hydrogen-bond acceptors (Lipinski definition) is 3. The van der Waals surface area contributed by atoms with E-state index in [9.17, 15) is 23.3 Å². The highest BCUT2D eigenvalue weighted by Gasteiger charge is 2.28. The van der Waals surface area contributed by atoms with Crippen LogP contribution >= 0.6 is 0 Å². The molecule has 0 saturated carbocycles. The summed E-state index contributed by atoms with van der Waals surface area (Å²) in [5.41, 5.74) is 0.468. The zero-order chi connectivity index (χ0) is 13.1. The Labute approximate surface area is 95.2 Å². The van der Waals surface area contributed by atoms with E-state index >= 15 is 0 Å². The smallest absolute Gasteiger partial charge is 0.367 e. The van der Waals surface area contributed by atoms with Gasteiger partial charge in [0, 0.05) is 6.07 Å². The molecule has 0 unspecified atom stereocenters. The molecule has 0 spiro atoms. The Bertz CT molecular complexity index is 418. The number of halogens is 3. The Morgan fingerprint density at radius 2 is 2.06 bits per heavy atom. The summed E-state index contributed by atoms with van der Waals surface area (Å²) in [5.74, 6) is 0. The molecule has 0 amide bonds. The molecule has 0 N–H and O–H groups in total. The molecule has 17 heavy (non-hydrogen) atoms. The van der Waals surface area contributed by atoms with Crippen LogP contribution in [-0.4, -0.2) is 17.7 Å². The fraction of sp³-hybridized carbons (Fsp3) is 0.400. The largest absolute Gasteiger partial charge is 0.411 e. The lowest BCUT2D eigenvalue weighted by atomic mass is 10.1. The highest BCUT2D eigenvalue weighted by atomic mass is 19.4. The second-order valence-corrected chi connectivity index (χ2v) is 3.44. The third kappa shape index (κ3) is 4.03. The minimum atomic E-state index is -4.43. The number of hydrogen-bond donors (Lipinski definition) is 0. The molecule has 0 bridgehead atoms. The van der Waals surface area contributed by atoms with Crippen molar-refractivity contribution in [3.05, 3.63) is 39.4 Å². The van der Waals surface area contributed by atoms with E-state index in [1.165, 1.54) is 12.1 Å². The van der Waals surface area contributed by atoms with E-state index in [0.29, 0.717) is 5.56 Å². The van der Waals surface area contributed by atoms with Gasteiger partial charge in [-0.15, -0.1) is 0 Å². The molecule has 1 aromatic carbocycles. The highest BCUT2D eigenvalue weighted by Crippen LogP contribution is 2.23. The van der Waals surface area contributed by atoms with E-state index in [-0.39, 0.29) is 11.3 Å². The van der Waals surface area contributed by atoms with Crippen LogP contribution in [0, 0.1) is 17.0 Å². The molecule has 0 fully saturated rings. The molecule has 1 rings (SSSR count). The van der Waals surface area contributed by atoms with E-state index < -0.39 is 24.3 Å². The summed E-state index contributed by atoms with van der Waals surface area (Å²) in [6.07, 6.45) is -4.43. The third-order valence-electron chi connectivity index (χ3n) is 2.09. The average Bonchev–Trinajstić information content (AvgIpc) is 2.18. The van der Waals surface area contributed by atoms with Gasteiger partial charge in [-0.25, -0.2) is 0 Å². The van der Waals surface area contributed by atoms with Crippen LogP contribution in [0.15, 0.2) is 18.2 Å². The van der Waals surface area contributed by atoms with Crippen molar-refractivity contribution in [3.63, 3.8) is 0 Å². The van der Waals surface area contributed by atoms with Crippen molar-refractivity contribution in [2.75, 3.05) is 6.61 Å². The monoisotopic (exact) mass is 249 g/mol. The molecule has 0 aromatic heterocycles. The van der Waals surface area contributed by atoms with Crippen LogP contribution in [-0.2, 0) is 11.3 Å². The van der Waals surface area contributed by atoms with Crippen molar-refractivity contribution in [1.82, 2.24) is 0 Å². The quantitative estimate of drug-likeness (QED) is 0.608. The summed E-state index contributed by atoms with van der Waals surface area (Å²) < 4.78 is 40.0. The molecule has 0 aliphatic rings. The fourth-order valence-electron chi connectivity index (χ4n) is 1.31. The second kappa shape index (κ2) is 5.13. The van der Waals surface area contributed by atoms with E-state index in [2.05, 4.69) is 4.74 Å². The topological polar surface area (TPSA) is 52.4 Å². The summed E-state index contributed by atoms with van der Waals surface area (Å²) in [7, 11) is 0. The lowest BCUT2D eigenvalue weighted by Crippen LogP contribution is -2.17. The van der Waals surface area contributed by atoms with E-state index in [1.807, 2.05) is 0 Å². The molecule has 0 aliphatic carbocycles. The van der Waals surface area contributed by atoms with Crippen LogP contribution < -0.4 is 0 Å². The summed E-state index contributed by atoms with van der Waals surface area (Å²) in [6, 6.07) is 4.29. The number of nitro benzene ring substituents is 1. The van der Waals surface area contributed by atoms with Gasteiger partial charge in [0.2, 0.25) is 0 Å². The Hall–Kier alpha value is -1.63. The van der Waals surface area contributed by atoms with Gasteiger partial charge in [-0.3, -0.25) is 10.1 Å². The first kappa shape index (κ1) is 13.4. The Balaban J connectivity index is 2.79. The number of aryl methyl sites for hydroxylation is 1. The Morgan fingerprint density at radius 3 is 2.59 bits per heavy atom. The van der Waals surface area contributed by atoms with Crippen LogP contribution in [0.4, 0.5) is 18.9 Å². The SMILES string of the molecule is Cc1cccc([N+](=O)[O-])c1COCC(F)(F)F. The van der Waals surface area contributed by atoms with Crippen molar-refractivity contribution in [2.45, 2.75) is 19.7 Å². The van der Waals surface area contributed by atoms with Gasteiger partial charge in [0.15, 0.2) is 0 Å². The van der Waals surface area contributed by atoms with Crippen molar-refractivity contribution in [2.24, 2.45) is 0 Å². The molecule has 1 aromatic rings. The molecule has 0 atom stereocenters. The highest BCUT2D eigenvalue weighted by molar-refractivity contribution is 5.44. The van der Waals surface area contributed by atoms with Gasteiger partial charge in [-0.2, -0.15) is 13.2 Å². The Kier molecular flexibility index (Phi) is 4.06. The van der Waals surface area contributed by atoms with E-state index in [1.54, 1.807) is 13.0 Å². The molecule has 0 heterocycles. The number of ether oxygens (including phenoxy) is 1. The van der Waals surface area contributed by atoms with Crippen molar-refractivity contribution in [1.29, 1.82) is 0 Å². The minimum absolute atomic E-state index is 0.168. The molecule has 4 nitrogen and oxygen atoms in total. The summed E-state index contributed by atoms with van der Waals surface area (Å²) in [4.78, 5) is 10.0. The molecule has 0 aliphatic heterocycles. The number of nitrogens with zero attached hydrogens (tertiary/aromatic N) is 1. The van der Waals surface area contributed by atoms with Gasteiger partial charge in [0.1, 0.15) is 6.61 Å². The number of alkyl halides is 3. The van der Waals surface area contributed by atoms with Crippen molar-refractivity contribution in [3.8, 4) is 0 Å². The van der Waals surface area contributed by atoms with Gasteiger partial charge in [0.25, 0.3) is 5.69 Å². The number of rotatable bonds is 4. The van der Waals surface area contributed by atoms with Gasteiger partial charge in [-0.1, -0.05) is 12.1 Å². The van der Waals surface area contributed by atoms with E-state index in [0.717, 1.165) is 0 Å². The maximum absolute atomic E-state index is 11.9. The molecule has 0 saturated heterocycles. The zero-order valence-electron chi connectivity index (χ0n) is 8.95. The summed E-state index contributed by atoms with van der Waals surface area (Å²) >= 11 is 0. The predicted molar refractivity (Wildman–Crippen MR) is 53.5 cm³/mol. The van der Waals surface area contributed by atoms with Gasteiger partial charge in [-0.05, 0) is 12.5 Å². The predicted octanol–water partition coefficient (Wildman–Crippen LogP) is 2.98. The molecule has 7 heteroatoms. The second-order valence-electron chi connectivity index (χ2n) is 3.44. The fourth-order valence-corrected chi connectivity index (χ4v) is 1.31. The van der Waals surface area contributed by atoms with Crippen LogP contribution in [0.5, 0.6) is 0 Å². The Morgan fingerprint density at radius 1 is 1.41 bits per heavy atom. The van der Waals surface area contributed by atoms with Gasteiger partial charge >= 0.3 is 6.18 Å². The third-order valence-corrected chi connectivity index (χ3v) is 2.09. The average molecular weight is 249 g/mol. The molecule has 94 valence electrons. The lowest BCUT2D eigenvalue weighted by Gasteiger charge is -2.09. The number of nitro groups is 1.